The molecule has 0 unspecified atom stereocenters. The summed E-state index contributed by atoms with van der Waals surface area (Å²) in [6.45, 7) is 3.57. The van der Waals surface area contributed by atoms with Crippen molar-refractivity contribution in [1.82, 2.24) is 0 Å². The first-order valence-electron chi connectivity index (χ1n) is 15.0. The summed E-state index contributed by atoms with van der Waals surface area (Å²) in [6.07, 6.45) is 23.9. The Morgan fingerprint density at radius 3 is 1.63 bits per heavy atom. The van der Waals surface area contributed by atoms with Crippen LogP contribution in [0.15, 0.2) is 12.2 Å². The fraction of sp³-hybridized carbons (Fsp3) is 0.862. The highest BCUT2D eigenvalue weighted by molar-refractivity contribution is 7.46. The SMILES string of the molecule is CCCCCCCC/C=C/CCCCCC(=O)OC[C@H](COP(=O)(O)O)OC(=O)CCCCCCCCC. The van der Waals surface area contributed by atoms with Crippen molar-refractivity contribution in [1.29, 1.82) is 0 Å². The zero-order valence-corrected chi connectivity index (χ0v) is 25.0. The van der Waals surface area contributed by atoms with Crippen LogP contribution < -0.4 is 0 Å². The van der Waals surface area contributed by atoms with Crippen molar-refractivity contribution in [3.8, 4) is 0 Å². The molecule has 0 aromatic carbocycles. The van der Waals surface area contributed by atoms with Gasteiger partial charge in [0, 0.05) is 12.8 Å². The highest BCUT2D eigenvalue weighted by Crippen LogP contribution is 2.35. The summed E-state index contributed by atoms with van der Waals surface area (Å²) >= 11 is 0. The Hall–Kier alpha value is -1.21. The number of hydrogen-bond donors (Lipinski definition) is 2. The topological polar surface area (TPSA) is 119 Å². The van der Waals surface area contributed by atoms with Gasteiger partial charge in [0.25, 0.3) is 0 Å². The molecule has 0 spiro atoms. The number of unbranched alkanes of at least 4 members (excludes halogenated alkanes) is 15. The second-order valence-corrected chi connectivity index (χ2v) is 11.3. The van der Waals surface area contributed by atoms with E-state index in [-0.39, 0.29) is 19.4 Å². The number of esters is 2. The molecule has 0 saturated carbocycles. The molecular weight excluding hydrogens is 507 g/mol. The normalized spacial score (nSPS) is 12.6. The number of carbonyl (C=O) groups excluding carboxylic acids is 2. The summed E-state index contributed by atoms with van der Waals surface area (Å²) in [4.78, 5) is 42.2. The highest BCUT2D eigenvalue weighted by Gasteiger charge is 2.22. The number of allylic oxidation sites excluding steroid dienone is 2. The van der Waals surface area contributed by atoms with Crippen LogP contribution in [0.5, 0.6) is 0 Å². The lowest BCUT2D eigenvalue weighted by Gasteiger charge is -2.18. The van der Waals surface area contributed by atoms with E-state index in [1.165, 1.54) is 57.8 Å². The van der Waals surface area contributed by atoms with Gasteiger partial charge in [-0.2, -0.15) is 0 Å². The van der Waals surface area contributed by atoms with Crippen LogP contribution in [-0.4, -0.2) is 41.0 Å². The predicted octanol–water partition coefficient (Wildman–Crippen LogP) is 7.95. The standard InChI is InChI=1S/C29H55O8P/c1-3-5-7-9-11-12-13-14-15-16-18-19-21-23-28(30)35-25-27(26-36-38(32,33)34)37-29(31)24-22-20-17-10-8-6-4-2/h14-15,27H,3-13,16-26H2,1-2H3,(H2,32,33,34)/b15-14+/t27-/m1/s1. The van der Waals surface area contributed by atoms with E-state index in [2.05, 4.69) is 30.5 Å². The van der Waals surface area contributed by atoms with E-state index in [1.54, 1.807) is 0 Å². The van der Waals surface area contributed by atoms with Crippen molar-refractivity contribution in [2.45, 2.75) is 148 Å². The van der Waals surface area contributed by atoms with E-state index in [0.717, 1.165) is 44.9 Å². The maximum Gasteiger partial charge on any atom is 0.469 e. The fourth-order valence-electron chi connectivity index (χ4n) is 4.01. The van der Waals surface area contributed by atoms with Gasteiger partial charge >= 0.3 is 19.8 Å². The van der Waals surface area contributed by atoms with E-state index in [9.17, 15) is 14.2 Å². The molecule has 1 atom stereocenters. The zero-order valence-electron chi connectivity index (χ0n) is 24.1. The van der Waals surface area contributed by atoms with Gasteiger partial charge in [-0.15, -0.1) is 0 Å². The van der Waals surface area contributed by atoms with E-state index in [0.29, 0.717) is 12.8 Å². The van der Waals surface area contributed by atoms with Crippen molar-refractivity contribution in [2.75, 3.05) is 13.2 Å². The molecule has 0 rings (SSSR count). The number of phosphoric ester groups is 1. The van der Waals surface area contributed by atoms with E-state index in [1.807, 2.05) is 0 Å². The minimum atomic E-state index is -4.73. The van der Waals surface area contributed by atoms with Gasteiger partial charge in [0.2, 0.25) is 0 Å². The summed E-state index contributed by atoms with van der Waals surface area (Å²) in [5.74, 6) is -0.911. The van der Waals surface area contributed by atoms with Crippen molar-refractivity contribution >= 4 is 19.8 Å². The number of ether oxygens (including phenoxy) is 2. The second kappa shape index (κ2) is 26.0. The Morgan fingerprint density at radius 1 is 0.658 bits per heavy atom. The minimum absolute atomic E-state index is 0.210. The van der Waals surface area contributed by atoms with Crippen LogP contribution in [-0.2, 0) is 28.2 Å². The van der Waals surface area contributed by atoms with Crippen LogP contribution in [0.1, 0.15) is 142 Å². The van der Waals surface area contributed by atoms with Crippen LogP contribution in [0, 0.1) is 0 Å². The fourth-order valence-corrected chi connectivity index (χ4v) is 4.37. The van der Waals surface area contributed by atoms with Gasteiger partial charge in [-0.05, 0) is 38.5 Å². The van der Waals surface area contributed by atoms with Gasteiger partial charge in [-0.1, -0.05) is 103 Å². The molecule has 0 heterocycles. The average molecular weight is 563 g/mol. The molecule has 0 aromatic rings. The number of rotatable bonds is 27. The average Bonchev–Trinajstić information content (AvgIpc) is 2.87. The molecule has 224 valence electrons. The molecule has 9 heteroatoms. The van der Waals surface area contributed by atoms with Crippen molar-refractivity contribution in [3.63, 3.8) is 0 Å². The highest BCUT2D eigenvalue weighted by atomic mass is 31.2. The Bertz CT molecular complexity index is 646. The van der Waals surface area contributed by atoms with Crippen molar-refractivity contribution in [2.24, 2.45) is 0 Å². The minimum Gasteiger partial charge on any atom is -0.462 e. The van der Waals surface area contributed by atoms with Gasteiger partial charge in [0.1, 0.15) is 6.61 Å². The summed E-state index contributed by atoms with van der Waals surface area (Å²) < 4.78 is 26.0. The molecule has 0 saturated heterocycles. The molecule has 0 aliphatic rings. The van der Waals surface area contributed by atoms with Crippen LogP contribution in [0.4, 0.5) is 0 Å². The summed E-state index contributed by atoms with van der Waals surface area (Å²) in [6, 6.07) is 0. The third-order valence-electron chi connectivity index (χ3n) is 6.28. The maximum absolute atomic E-state index is 12.1. The number of carbonyl (C=O) groups is 2. The van der Waals surface area contributed by atoms with Gasteiger partial charge in [-0.3, -0.25) is 14.1 Å². The van der Waals surface area contributed by atoms with Gasteiger partial charge in [0.15, 0.2) is 6.10 Å². The quantitative estimate of drug-likeness (QED) is 0.0448. The number of hydrogen-bond acceptors (Lipinski definition) is 6. The monoisotopic (exact) mass is 562 g/mol. The van der Waals surface area contributed by atoms with E-state index >= 15 is 0 Å². The summed E-state index contributed by atoms with van der Waals surface area (Å²) in [7, 11) is -4.73. The third kappa shape index (κ3) is 27.8. The smallest absolute Gasteiger partial charge is 0.462 e. The lowest BCUT2D eigenvalue weighted by atomic mass is 10.1. The lowest BCUT2D eigenvalue weighted by Crippen LogP contribution is -2.29. The molecule has 0 aromatic heterocycles. The van der Waals surface area contributed by atoms with E-state index in [4.69, 9.17) is 19.3 Å². The van der Waals surface area contributed by atoms with Gasteiger partial charge < -0.3 is 19.3 Å². The molecule has 0 aliphatic heterocycles. The first-order chi connectivity index (χ1) is 18.3. The molecule has 0 aliphatic carbocycles. The van der Waals surface area contributed by atoms with Crippen LogP contribution >= 0.6 is 7.82 Å². The molecule has 38 heavy (non-hydrogen) atoms. The molecule has 0 fully saturated rings. The van der Waals surface area contributed by atoms with Gasteiger partial charge in [-0.25, -0.2) is 4.57 Å². The van der Waals surface area contributed by atoms with Gasteiger partial charge in [0.05, 0.1) is 6.61 Å². The third-order valence-corrected chi connectivity index (χ3v) is 6.77. The second-order valence-electron chi connectivity index (χ2n) is 10.1. The maximum atomic E-state index is 12.1. The molecular formula is C29H55O8P. The molecule has 0 bridgehead atoms. The Balaban J connectivity index is 4.05. The largest absolute Gasteiger partial charge is 0.469 e. The summed E-state index contributed by atoms with van der Waals surface area (Å²) in [5.41, 5.74) is 0. The van der Waals surface area contributed by atoms with Crippen LogP contribution in [0.2, 0.25) is 0 Å². The Kier molecular flexibility index (Phi) is 25.2. The predicted molar refractivity (Wildman–Crippen MR) is 152 cm³/mol. The Labute approximate surface area is 231 Å². The molecule has 2 N–H and O–H groups in total. The lowest BCUT2D eigenvalue weighted by molar-refractivity contribution is -0.161. The zero-order chi connectivity index (χ0) is 28.3. The first-order valence-corrected chi connectivity index (χ1v) is 16.5. The van der Waals surface area contributed by atoms with Crippen molar-refractivity contribution in [3.05, 3.63) is 12.2 Å². The molecule has 0 amide bonds. The van der Waals surface area contributed by atoms with Crippen molar-refractivity contribution < 1.29 is 37.9 Å². The number of phosphoric acid groups is 1. The van der Waals surface area contributed by atoms with Crippen LogP contribution in [0.3, 0.4) is 0 Å². The van der Waals surface area contributed by atoms with Crippen LogP contribution in [0.25, 0.3) is 0 Å². The summed E-state index contributed by atoms with van der Waals surface area (Å²) in [5, 5.41) is 0. The molecule has 0 radical (unpaired) electrons. The van der Waals surface area contributed by atoms with E-state index < -0.39 is 32.5 Å². The first kappa shape index (κ1) is 36.8. The Morgan fingerprint density at radius 2 is 1.11 bits per heavy atom. The molecule has 8 nitrogen and oxygen atoms in total.